The molecule has 3 rings (SSSR count). The molecule has 4 nitrogen and oxygen atoms in total. The summed E-state index contributed by atoms with van der Waals surface area (Å²) in [7, 11) is 0. The predicted molar refractivity (Wildman–Crippen MR) is 67.4 cm³/mol. The number of hydrogen-bond donors (Lipinski definition) is 1. The van der Waals surface area contributed by atoms with E-state index in [1.807, 2.05) is 12.1 Å². The van der Waals surface area contributed by atoms with Crippen molar-refractivity contribution in [3.63, 3.8) is 0 Å². The number of furan rings is 1. The van der Waals surface area contributed by atoms with Gasteiger partial charge in [0.05, 0.1) is 24.5 Å². The van der Waals surface area contributed by atoms with E-state index >= 15 is 0 Å². The van der Waals surface area contributed by atoms with Crippen LogP contribution < -0.4 is 5.32 Å². The molecule has 3 heterocycles. The minimum absolute atomic E-state index is 0.0290. The Labute approximate surface area is 108 Å². The molecule has 0 aliphatic carbocycles. The lowest BCUT2D eigenvalue weighted by molar-refractivity contribution is -0.0904. The van der Waals surface area contributed by atoms with Gasteiger partial charge in [-0.2, -0.15) is 0 Å². The van der Waals surface area contributed by atoms with Crippen LogP contribution >= 0.6 is 0 Å². The molecule has 1 aromatic rings. The van der Waals surface area contributed by atoms with Gasteiger partial charge in [-0.25, -0.2) is 0 Å². The molecule has 0 bridgehead atoms. The molecule has 1 spiro atoms. The van der Waals surface area contributed by atoms with E-state index in [0.29, 0.717) is 6.04 Å². The molecule has 18 heavy (non-hydrogen) atoms. The molecule has 2 fully saturated rings. The van der Waals surface area contributed by atoms with Crippen molar-refractivity contribution >= 4 is 0 Å². The molecule has 1 aromatic heterocycles. The average Bonchev–Trinajstić information content (AvgIpc) is 3.01. The minimum Gasteiger partial charge on any atom is -0.468 e. The third-order valence-corrected chi connectivity index (χ3v) is 4.02. The first-order valence-corrected chi connectivity index (χ1v) is 6.79. The maximum absolute atomic E-state index is 5.94. The fourth-order valence-electron chi connectivity index (χ4n) is 3.01. The van der Waals surface area contributed by atoms with Crippen molar-refractivity contribution in [3.8, 4) is 0 Å². The van der Waals surface area contributed by atoms with Crippen molar-refractivity contribution in [1.82, 2.24) is 5.32 Å². The molecule has 2 saturated heterocycles. The molecule has 3 unspecified atom stereocenters. The van der Waals surface area contributed by atoms with Crippen LogP contribution in [0.15, 0.2) is 22.8 Å². The third-order valence-electron chi connectivity index (χ3n) is 4.02. The zero-order chi connectivity index (χ0) is 12.4. The van der Waals surface area contributed by atoms with Crippen LogP contribution in [0.1, 0.15) is 38.0 Å². The summed E-state index contributed by atoms with van der Waals surface area (Å²) in [4.78, 5) is 0. The van der Waals surface area contributed by atoms with Gasteiger partial charge in [0.15, 0.2) is 0 Å². The fourth-order valence-corrected chi connectivity index (χ4v) is 3.01. The van der Waals surface area contributed by atoms with Gasteiger partial charge in [-0.05, 0) is 31.9 Å². The van der Waals surface area contributed by atoms with Crippen LogP contribution in [0.5, 0.6) is 0 Å². The molecule has 0 saturated carbocycles. The molecule has 2 aliphatic rings. The van der Waals surface area contributed by atoms with E-state index in [0.717, 1.165) is 44.8 Å². The van der Waals surface area contributed by atoms with Crippen LogP contribution in [-0.4, -0.2) is 31.5 Å². The first-order valence-electron chi connectivity index (χ1n) is 6.79. The summed E-state index contributed by atoms with van der Waals surface area (Å²) in [6.07, 6.45) is 4.86. The van der Waals surface area contributed by atoms with Crippen molar-refractivity contribution in [2.45, 2.75) is 43.9 Å². The lowest BCUT2D eigenvalue weighted by Gasteiger charge is -2.38. The number of hydrogen-bond acceptors (Lipinski definition) is 4. The highest BCUT2D eigenvalue weighted by molar-refractivity contribution is 5.04. The molecule has 2 aliphatic heterocycles. The maximum atomic E-state index is 5.94. The summed E-state index contributed by atoms with van der Waals surface area (Å²) in [6.45, 7) is 4.55. The highest BCUT2D eigenvalue weighted by atomic mass is 16.6. The molecule has 4 heteroatoms. The molecule has 3 atom stereocenters. The third kappa shape index (κ3) is 2.46. The van der Waals surface area contributed by atoms with E-state index in [-0.39, 0.29) is 11.6 Å². The van der Waals surface area contributed by atoms with E-state index in [2.05, 4.69) is 12.2 Å². The fraction of sp³-hybridized carbons (Fsp3) is 0.714. The zero-order valence-electron chi connectivity index (χ0n) is 10.9. The summed E-state index contributed by atoms with van der Waals surface area (Å²) in [5.41, 5.74) is -0.0290. The lowest BCUT2D eigenvalue weighted by Crippen LogP contribution is -2.48. The van der Waals surface area contributed by atoms with Gasteiger partial charge in [-0.15, -0.1) is 0 Å². The monoisotopic (exact) mass is 251 g/mol. The highest BCUT2D eigenvalue weighted by Crippen LogP contribution is 2.33. The van der Waals surface area contributed by atoms with E-state index in [4.69, 9.17) is 13.9 Å². The Kier molecular flexibility index (Phi) is 3.41. The Balaban J connectivity index is 1.59. The number of nitrogens with one attached hydrogen (secondary N) is 1. The second kappa shape index (κ2) is 5.03. The van der Waals surface area contributed by atoms with Crippen LogP contribution in [0.2, 0.25) is 0 Å². The average molecular weight is 251 g/mol. The second-order valence-corrected chi connectivity index (χ2v) is 5.43. The molecular formula is C14H21NO3. The maximum Gasteiger partial charge on any atom is 0.120 e. The van der Waals surface area contributed by atoms with Gasteiger partial charge < -0.3 is 19.2 Å². The van der Waals surface area contributed by atoms with Crippen molar-refractivity contribution < 1.29 is 13.9 Å². The van der Waals surface area contributed by atoms with Gasteiger partial charge in [0.25, 0.3) is 0 Å². The zero-order valence-corrected chi connectivity index (χ0v) is 10.9. The van der Waals surface area contributed by atoms with E-state index in [1.165, 1.54) is 0 Å². The van der Waals surface area contributed by atoms with Gasteiger partial charge in [-0.1, -0.05) is 0 Å². The van der Waals surface area contributed by atoms with Gasteiger partial charge in [0, 0.05) is 25.7 Å². The summed E-state index contributed by atoms with van der Waals surface area (Å²) >= 11 is 0. The predicted octanol–water partition coefficient (Wildman–Crippen LogP) is 2.27. The first kappa shape index (κ1) is 12.2. The Hall–Kier alpha value is -0.840. The van der Waals surface area contributed by atoms with Crippen LogP contribution in [0.3, 0.4) is 0 Å². The first-order chi connectivity index (χ1) is 8.77. The van der Waals surface area contributed by atoms with Gasteiger partial charge in [-0.3, -0.25) is 0 Å². The van der Waals surface area contributed by atoms with Crippen molar-refractivity contribution in [2.24, 2.45) is 0 Å². The standard InChI is InChI=1S/C14H21NO3/c1-11(13-3-2-6-17-13)15-12-4-7-18-14(9-12)5-8-16-10-14/h2-3,6,11-12,15H,4-5,7-10H2,1H3. The molecule has 1 N–H and O–H groups in total. The molecule has 0 amide bonds. The molecule has 0 radical (unpaired) electrons. The molecule has 0 aromatic carbocycles. The Bertz CT molecular complexity index is 370. The number of rotatable bonds is 3. The number of ether oxygens (including phenoxy) is 2. The van der Waals surface area contributed by atoms with Crippen LogP contribution in [0, 0.1) is 0 Å². The van der Waals surface area contributed by atoms with Crippen LogP contribution in [0.25, 0.3) is 0 Å². The topological polar surface area (TPSA) is 43.6 Å². The van der Waals surface area contributed by atoms with Crippen molar-refractivity contribution in [2.75, 3.05) is 19.8 Å². The van der Waals surface area contributed by atoms with Crippen molar-refractivity contribution in [1.29, 1.82) is 0 Å². The Morgan fingerprint density at radius 2 is 2.39 bits per heavy atom. The van der Waals surface area contributed by atoms with E-state index < -0.39 is 0 Å². The quantitative estimate of drug-likeness (QED) is 0.895. The normalized spacial score (nSPS) is 33.9. The van der Waals surface area contributed by atoms with Gasteiger partial charge >= 0.3 is 0 Å². The Morgan fingerprint density at radius 3 is 3.11 bits per heavy atom. The summed E-state index contributed by atoms with van der Waals surface area (Å²) < 4.78 is 16.9. The summed E-state index contributed by atoms with van der Waals surface area (Å²) in [5, 5.41) is 3.64. The summed E-state index contributed by atoms with van der Waals surface area (Å²) in [6, 6.07) is 4.69. The molecular weight excluding hydrogens is 230 g/mol. The lowest BCUT2D eigenvalue weighted by atomic mass is 9.89. The molecule has 100 valence electrons. The summed E-state index contributed by atoms with van der Waals surface area (Å²) in [5.74, 6) is 0.998. The van der Waals surface area contributed by atoms with Crippen LogP contribution in [0.4, 0.5) is 0 Å². The smallest absolute Gasteiger partial charge is 0.120 e. The van der Waals surface area contributed by atoms with E-state index in [9.17, 15) is 0 Å². The minimum atomic E-state index is -0.0290. The van der Waals surface area contributed by atoms with Gasteiger partial charge in [0.2, 0.25) is 0 Å². The SMILES string of the molecule is CC(NC1CCOC2(CCOC2)C1)c1ccco1. The largest absolute Gasteiger partial charge is 0.468 e. The van der Waals surface area contributed by atoms with E-state index in [1.54, 1.807) is 6.26 Å². The van der Waals surface area contributed by atoms with Crippen molar-refractivity contribution in [3.05, 3.63) is 24.2 Å². The second-order valence-electron chi connectivity index (χ2n) is 5.43. The van der Waals surface area contributed by atoms with Gasteiger partial charge in [0.1, 0.15) is 5.76 Å². The van der Waals surface area contributed by atoms with Crippen LogP contribution in [-0.2, 0) is 9.47 Å². The highest BCUT2D eigenvalue weighted by Gasteiger charge is 2.41. The Morgan fingerprint density at radius 1 is 1.44 bits per heavy atom.